The Morgan fingerprint density at radius 3 is 2.82 bits per heavy atom. The summed E-state index contributed by atoms with van der Waals surface area (Å²) < 4.78 is 6.00. The fourth-order valence-corrected chi connectivity index (χ4v) is 3.42. The monoisotopic (exact) mass is 449 g/mol. The molecular formula is C18H20BrN5O4. The molecule has 9 nitrogen and oxygen atoms in total. The molecule has 0 amide bonds. The first kappa shape index (κ1) is 20.0. The molecule has 148 valence electrons. The van der Waals surface area contributed by atoms with Gasteiger partial charge in [-0.3, -0.25) is 14.9 Å². The zero-order chi connectivity index (χ0) is 20.1. The summed E-state index contributed by atoms with van der Waals surface area (Å²) in [6, 6.07) is 7.22. The van der Waals surface area contributed by atoms with Gasteiger partial charge < -0.3 is 15.0 Å². The lowest BCUT2D eigenvalue weighted by atomic mass is 9.98. The van der Waals surface area contributed by atoms with Crippen LogP contribution in [-0.4, -0.2) is 40.6 Å². The number of nitrogens with one attached hydrogen (secondary N) is 1. The van der Waals surface area contributed by atoms with Crippen LogP contribution in [0.5, 0.6) is 0 Å². The first-order valence-electron chi connectivity index (χ1n) is 8.93. The second-order valence-electron chi connectivity index (χ2n) is 6.32. The maximum absolute atomic E-state index is 12.1. The number of carbonyl (C=O) groups is 1. The van der Waals surface area contributed by atoms with Crippen molar-refractivity contribution in [2.45, 2.75) is 19.8 Å². The minimum Gasteiger partial charge on any atom is -0.466 e. The molecule has 2 aromatic rings. The van der Waals surface area contributed by atoms with Crippen LogP contribution < -0.4 is 10.2 Å². The average molecular weight is 450 g/mol. The molecule has 0 bridgehead atoms. The van der Waals surface area contributed by atoms with Crippen LogP contribution in [0.4, 0.5) is 23.0 Å². The Kier molecular flexibility index (Phi) is 6.40. The number of hydrogen-bond donors (Lipinski definition) is 1. The highest BCUT2D eigenvalue weighted by Crippen LogP contribution is 2.35. The van der Waals surface area contributed by atoms with E-state index < -0.39 is 4.92 Å². The Hall–Kier alpha value is -2.75. The molecule has 3 rings (SSSR count). The Morgan fingerprint density at radius 1 is 1.39 bits per heavy atom. The summed E-state index contributed by atoms with van der Waals surface area (Å²) in [5.41, 5.74) is 0.453. The number of rotatable bonds is 6. The predicted molar refractivity (Wildman–Crippen MR) is 108 cm³/mol. The minimum atomic E-state index is -0.496. The van der Waals surface area contributed by atoms with Gasteiger partial charge in [0.2, 0.25) is 11.6 Å². The normalized spacial score (nSPS) is 16.5. The zero-order valence-electron chi connectivity index (χ0n) is 15.3. The molecule has 0 radical (unpaired) electrons. The standard InChI is InChI=1S/C18H20BrN5O4/c1-2-28-18(25)12-4-3-9-23(10-12)17-15(24(26)27)16(20-11-21-17)22-14-7-5-13(19)6-8-14/h5-8,11-12H,2-4,9-10H2,1H3,(H,20,21,22). The van der Waals surface area contributed by atoms with Crippen LogP contribution in [0, 0.1) is 16.0 Å². The highest BCUT2D eigenvalue weighted by molar-refractivity contribution is 9.10. The van der Waals surface area contributed by atoms with Crippen LogP contribution in [0.1, 0.15) is 19.8 Å². The lowest BCUT2D eigenvalue weighted by Gasteiger charge is -2.32. The van der Waals surface area contributed by atoms with Crippen LogP contribution in [0.15, 0.2) is 35.1 Å². The molecule has 1 unspecified atom stereocenters. The fourth-order valence-electron chi connectivity index (χ4n) is 3.15. The molecule has 1 aliphatic heterocycles. The van der Waals surface area contributed by atoms with Crippen molar-refractivity contribution in [1.82, 2.24) is 9.97 Å². The van der Waals surface area contributed by atoms with Gasteiger partial charge in [0.25, 0.3) is 0 Å². The van der Waals surface area contributed by atoms with Gasteiger partial charge in [0.05, 0.1) is 17.4 Å². The number of hydrogen-bond acceptors (Lipinski definition) is 8. The minimum absolute atomic E-state index is 0.107. The molecule has 0 aliphatic carbocycles. The number of carbonyl (C=O) groups excluding carboxylic acids is 1. The molecule has 1 atom stereocenters. The van der Waals surface area contributed by atoms with E-state index in [0.717, 1.165) is 10.9 Å². The van der Waals surface area contributed by atoms with Gasteiger partial charge >= 0.3 is 11.7 Å². The van der Waals surface area contributed by atoms with Crippen LogP contribution >= 0.6 is 15.9 Å². The number of nitro groups is 1. The first-order chi connectivity index (χ1) is 13.5. The first-order valence-corrected chi connectivity index (χ1v) is 9.72. The molecule has 1 aromatic heterocycles. The molecule has 1 aromatic carbocycles. The molecule has 0 spiro atoms. The van der Waals surface area contributed by atoms with E-state index in [-0.39, 0.29) is 29.2 Å². The van der Waals surface area contributed by atoms with Crippen molar-refractivity contribution in [3.8, 4) is 0 Å². The highest BCUT2D eigenvalue weighted by Gasteiger charge is 2.33. The van der Waals surface area contributed by atoms with E-state index in [1.165, 1.54) is 6.33 Å². The number of aromatic nitrogens is 2. The number of ether oxygens (including phenoxy) is 1. The van der Waals surface area contributed by atoms with E-state index in [1.54, 1.807) is 24.0 Å². The Bertz CT molecular complexity index is 862. The second-order valence-corrected chi connectivity index (χ2v) is 7.24. The van der Waals surface area contributed by atoms with Crippen molar-refractivity contribution in [2.24, 2.45) is 5.92 Å². The number of piperidine rings is 1. The number of benzene rings is 1. The van der Waals surface area contributed by atoms with E-state index in [1.807, 2.05) is 12.1 Å². The summed E-state index contributed by atoms with van der Waals surface area (Å²) in [7, 11) is 0. The number of nitrogens with zero attached hydrogens (tertiary/aromatic N) is 4. The van der Waals surface area contributed by atoms with Gasteiger partial charge in [-0.05, 0) is 44.0 Å². The maximum Gasteiger partial charge on any atom is 0.353 e. The van der Waals surface area contributed by atoms with E-state index in [2.05, 4.69) is 31.2 Å². The lowest BCUT2D eigenvalue weighted by Crippen LogP contribution is -2.40. The van der Waals surface area contributed by atoms with Crippen molar-refractivity contribution >= 4 is 44.9 Å². The molecule has 1 fully saturated rings. The van der Waals surface area contributed by atoms with Crippen LogP contribution in [-0.2, 0) is 9.53 Å². The van der Waals surface area contributed by atoms with E-state index in [0.29, 0.717) is 31.8 Å². The Morgan fingerprint density at radius 2 is 2.14 bits per heavy atom. The maximum atomic E-state index is 12.1. The number of esters is 1. The summed E-state index contributed by atoms with van der Waals surface area (Å²) in [5.74, 6) is -0.299. The lowest BCUT2D eigenvalue weighted by molar-refractivity contribution is -0.383. The van der Waals surface area contributed by atoms with E-state index >= 15 is 0 Å². The van der Waals surface area contributed by atoms with Crippen LogP contribution in [0.3, 0.4) is 0 Å². The van der Waals surface area contributed by atoms with Gasteiger partial charge in [-0.25, -0.2) is 9.97 Å². The van der Waals surface area contributed by atoms with E-state index in [4.69, 9.17) is 4.74 Å². The van der Waals surface area contributed by atoms with Gasteiger partial charge in [0.1, 0.15) is 6.33 Å². The largest absolute Gasteiger partial charge is 0.466 e. The summed E-state index contributed by atoms with van der Waals surface area (Å²) in [4.78, 5) is 33.4. The average Bonchev–Trinajstić information content (AvgIpc) is 2.69. The summed E-state index contributed by atoms with van der Waals surface area (Å²) in [6.45, 7) is 2.97. The second kappa shape index (κ2) is 8.96. The summed E-state index contributed by atoms with van der Waals surface area (Å²) in [5, 5.41) is 14.8. The number of halogens is 1. The predicted octanol–water partition coefficient (Wildman–Crippen LogP) is 3.67. The van der Waals surface area contributed by atoms with Gasteiger partial charge in [0, 0.05) is 23.2 Å². The molecule has 1 aliphatic rings. The van der Waals surface area contributed by atoms with Crippen molar-refractivity contribution in [3.05, 3.63) is 45.2 Å². The third-order valence-corrected chi connectivity index (χ3v) is 4.96. The Balaban J connectivity index is 1.89. The third-order valence-electron chi connectivity index (χ3n) is 4.43. The van der Waals surface area contributed by atoms with Crippen molar-refractivity contribution < 1.29 is 14.5 Å². The number of anilines is 3. The topological polar surface area (TPSA) is 110 Å². The fraction of sp³-hybridized carbons (Fsp3) is 0.389. The summed E-state index contributed by atoms with van der Waals surface area (Å²) >= 11 is 3.35. The SMILES string of the molecule is CCOC(=O)C1CCCN(c2ncnc(Nc3ccc(Br)cc3)c2[N+](=O)[O-])C1. The van der Waals surface area contributed by atoms with Gasteiger partial charge in [-0.15, -0.1) is 0 Å². The summed E-state index contributed by atoms with van der Waals surface area (Å²) in [6.07, 6.45) is 2.70. The van der Waals surface area contributed by atoms with Crippen LogP contribution in [0.25, 0.3) is 0 Å². The molecule has 0 saturated carbocycles. The van der Waals surface area contributed by atoms with Gasteiger partial charge in [-0.2, -0.15) is 0 Å². The van der Waals surface area contributed by atoms with Crippen molar-refractivity contribution in [1.29, 1.82) is 0 Å². The highest BCUT2D eigenvalue weighted by atomic mass is 79.9. The molecule has 10 heteroatoms. The van der Waals surface area contributed by atoms with Crippen molar-refractivity contribution in [2.75, 3.05) is 29.9 Å². The van der Waals surface area contributed by atoms with Crippen LogP contribution in [0.2, 0.25) is 0 Å². The smallest absolute Gasteiger partial charge is 0.353 e. The zero-order valence-corrected chi connectivity index (χ0v) is 16.9. The quantitative estimate of drug-likeness (QED) is 0.403. The molecule has 28 heavy (non-hydrogen) atoms. The third kappa shape index (κ3) is 4.56. The van der Waals surface area contributed by atoms with Crippen molar-refractivity contribution in [3.63, 3.8) is 0 Å². The Labute approximate surface area is 170 Å². The molecule has 1 N–H and O–H groups in total. The van der Waals surface area contributed by atoms with Gasteiger partial charge in [0.15, 0.2) is 0 Å². The van der Waals surface area contributed by atoms with Gasteiger partial charge in [-0.1, -0.05) is 15.9 Å². The molecule has 1 saturated heterocycles. The molecular weight excluding hydrogens is 430 g/mol. The molecule has 2 heterocycles. The van der Waals surface area contributed by atoms with E-state index in [9.17, 15) is 14.9 Å².